The number of H-pyrrole nitrogens is 1. The third-order valence-corrected chi connectivity index (χ3v) is 4.47. The minimum Gasteiger partial charge on any atom is -0.454 e. The van der Waals surface area contributed by atoms with Gasteiger partial charge in [0.25, 0.3) is 0 Å². The summed E-state index contributed by atoms with van der Waals surface area (Å²) in [7, 11) is 0. The third kappa shape index (κ3) is 3.45. The van der Waals surface area contributed by atoms with E-state index >= 15 is 0 Å². The Kier molecular flexibility index (Phi) is 4.29. The van der Waals surface area contributed by atoms with Crippen LogP contribution in [0.25, 0.3) is 10.9 Å². The lowest BCUT2D eigenvalue weighted by Gasteiger charge is -2.06. The van der Waals surface area contributed by atoms with Gasteiger partial charge < -0.3 is 19.8 Å². The van der Waals surface area contributed by atoms with Crippen LogP contribution in [0.5, 0.6) is 11.5 Å². The summed E-state index contributed by atoms with van der Waals surface area (Å²) in [5.74, 6) is 1.60. The molecule has 2 aromatic carbocycles. The summed E-state index contributed by atoms with van der Waals surface area (Å²) in [6, 6.07) is 14.0. The number of hydrogen-bond donors (Lipinski definition) is 2. The van der Waals surface area contributed by atoms with E-state index in [9.17, 15) is 4.79 Å². The maximum atomic E-state index is 12.1. The van der Waals surface area contributed by atoms with Crippen LogP contribution < -0.4 is 14.8 Å². The molecule has 0 radical (unpaired) electrons. The molecule has 128 valence electrons. The highest BCUT2D eigenvalue weighted by Gasteiger charge is 2.13. The van der Waals surface area contributed by atoms with E-state index in [4.69, 9.17) is 9.47 Å². The van der Waals surface area contributed by atoms with Crippen LogP contribution in [-0.4, -0.2) is 24.2 Å². The Morgan fingerprint density at radius 2 is 1.96 bits per heavy atom. The van der Waals surface area contributed by atoms with Gasteiger partial charge in [0.1, 0.15) is 0 Å². The molecule has 1 aliphatic rings. The van der Waals surface area contributed by atoms with Crippen LogP contribution in [0.3, 0.4) is 0 Å². The van der Waals surface area contributed by atoms with E-state index in [1.807, 2.05) is 36.5 Å². The van der Waals surface area contributed by atoms with E-state index < -0.39 is 0 Å². The van der Waals surface area contributed by atoms with Crippen molar-refractivity contribution in [2.45, 2.75) is 19.3 Å². The van der Waals surface area contributed by atoms with Gasteiger partial charge in [-0.1, -0.05) is 24.3 Å². The van der Waals surface area contributed by atoms with Crippen molar-refractivity contribution in [2.75, 3.05) is 13.3 Å². The van der Waals surface area contributed by atoms with Gasteiger partial charge in [-0.05, 0) is 42.2 Å². The first kappa shape index (κ1) is 15.6. The summed E-state index contributed by atoms with van der Waals surface area (Å²) in [6.45, 7) is 0.912. The Morgan fingerprint density at radius 3 is 2.92 bits per heavy atom. The Morgan fingerprint density at radius 1 is 1.08 bits per heavy atom. The quantitative estimate of drug-likeness (QED) is 0.727. The first-order valence-electron chi connectivity index (χ1n) is 8.50. The third-order valence-electron chi connectivity index (χ3n) is 4.47. The number of fused-ring (bicyclic) bond motifs is 2. The number of aromatic nitrogens is 1. The SMILES string of the molecule is O=C(CCc1ccc2c(c1)OCO2)NCCc1c[nH]c2ccccc12. The number of aryl methyl sites for hydroxylation is 1. The second-order valence-electron chi connectivity index (χ2n) is 6.15. The summed E-state index contributed by atoms with van der Waals surface area (Å²) >= 11 is 0. The first-order valence-corrected chi connectivity index (χ1v) is 8.50. The maximum Gasteiger partial charge on any atom is 0.231 e. The molecule has 2 N–H and O–H groups in total. The molecular formula is C20H20N2O3. The van der Waals surface area contributed by atoms with E-state index in [0.717, 1.165) is 29.0 Å². The number of hydrogen-bond acceptors (Lipinski definition) is 3. The number of ether oxygens (including phenoxy) is 2. The zero-order chi connectivity index (χ0) is 17.1. The molecule has 3 aromatic rings. The van der Waals surface area contributed by atoms with Crippen molar-refractivity contribution in [1.29, 1.82) is 0 Å². The predicted molar refractivity (Wildman–Crippen MR) is 95.9 cm³/mol. The minimum absolute atomic E-state index is 0.0671. The molecule has 5 heteroatoms. The molecule has 0 spiro atoms. The number of rotatable bonds is 6. The van der Waals surface area contributed by atoms with E-state index in [1.54, 1.807) is 0 Å². The predicted octanol–water partition coefficient (Wildman–Crippen LogP) is 3.19. The van der Waals surface area contributed by atoms with Crippen LogP contribution in [-0.2, 0) is 17.6 Å². The molecule has 0 atom stereocenters. The van der Waals surface area contributed by atoms with Crippen molar-refractivity contribution in [3.63, 3.8) is 0 Å². The van der Waals surface area contributed by atoms with Crippen molar-refractivity contribution in [1.82, 2.24) is 10.3 Å². The Bertz CT molecular complexity index is 901. The van der Waals surface area contributed by atoms with Crippen LogP contribution in [0, 0.1) is 0 Å². The molecule has 2 heterocycles. The summed E-state index contributed by atoms with van der Waals surface area (Å²) in [6.07, 6.45) is 3.99. The number of nitrogens with one attached hydrogen (secondary N) is 2. The highest BCUT2D eigenvalue weighted by Crippen LogP contribution is 2.32. The van der Waals surface area contributed by atoms with Crippen LogP contribution in [0.15, 0.2) is 48.7 Å². The van der Waals surface area contributed by atoms with E-state index in [2.05, 4.69) is 22.4 Å². The van der Waals surface area contributed by atoms with Gasteiger partial charge in [0, 0.05) is 30.1 Å². The lowest BCUT2D eigenvalue weighted by atomic mass is 10.1. The van der Waals surface area contributed by atoms with Gasteiger partial charge in [-0.3, -0.25) is 4.79 Å². The number of amides is 1. The molecule has 0 saturated carbocycles. The largest absolute Gasteiger partial charge is 0.454 e. The molecule has 4 rings (SSSR count). The van der Waals surface area contributed by atoms with Crippen molar-refractivity contribution in [3.05, 3.63) is 59.8 Å². The van der Waals surface area contributed by atoms with Crippen molar-refractivity contribution < 1.29 is 14.3 Å². The van der Waals surface area contributed by atoms with Gasteiger partial charge >= 0.3 is 0 Å². The highest BCUT2D eigenvalue weighted by molar-refractivity contribution is 5.83. The molecule has 0 unspecified atom stereocenters. The Labute approximate surface area is 146 Å². The van der Waals surface area contributed by atoms with Crippen LogP contribution in [0.1, 0.15) is 17.5 Å². The average molecular weight is 336 g/mol. The fourth-order valence-corrected chi connectivity index (χ4v) is 3.12. The number of benzene rings is 2. The number of carbonyl (C=O) groups excluding carboxylic acids is 1. The van der Waals surface area contributed by atoms with Crippen LogP contribution in [0.4, 0.5) is 0 Å². The van der Waals surface area contributed by atoms with Gasteiger partial charge in [0.05, 0.1) is 0 Å². The van der Waals surface area contributed by atoms with Gasteiger partial charge in [-0.2, -0.15) is 0 Å². The lowest BCUT2D eigenvalue weighted by Crippen LogP contribution is -2.25. The summed E-state index contributed by atoms with van der Waals surface area (Å²) < 4.78 is 10.7. The normalized spacial score (nSPS) is 12.5. The zero-order valence-corrected chi connectivity index (χ0v) is 13.9. The molecule has 25 heavy (non-hydrogen) atoms. The smallest absolute Gasteiger partial charge is 0.231 e. The van der Waals surface area contributed by atoms with E-state index in [0.29, 0.717) is 19.4 Å². The standard InChI is InChI=1S/C20H20N2O3/c23-20(8-6-14-5-7-18-19(11-14)25-13-24-18)21-10-9-15-12-22-17-4-2-1-3-16(15)17/h1-5,7,11-12,22H,6,8-10,13H2,(H,21,23). The maximum absolute atomic E-state index is 12.1. The summed E-state index contributed by atoms with van der Waals surface area (Å²) in [5, 5.41) is 4.22. The first-order chi connectivity index (χ1) is 12.3. The van der Waals surface area contributed by atoms with Gasteiger partial charge in [0.2, 0.25) is 12.7 Å². The Balaban J connectivity index is 1.25. The summed E-state index contributed by atoms with van der Waals surface area (Å²) in [5.41, 5.74) is 3.44. The number of carbonyl (C=O) groups is 1. The molecule has 0 bridgehead atoms. The van der Waals surface area contributed by atoms with Crippen LogP contribution >= 0.6 is 0 Å². The van der Waals surface area contributed by atoms with Crippen molar-refractivity contribution >= 4 is 16.8 Å². The monoisotopic (exact) mass is 336 g/mol. The van der Waals surface area contributed by atoms with Crippen molar-refractivity contribution in [3.8, 4) is 11.5 Å². The molecule has 0 saturated heterocycles. The van der Waals surface area contributed by atoms with Gasteiger partial charge in [0.15, 0.2) is 11.5 Å². The number of para-hydroxylation sites is 1. The molecule has 1 amide bonds. The highest BCUT2D eigenvalue weighted by atomic mass is 16.7. The second-order valence-corrected chi connectivity index (χ2v) is 6.15. The number of aromatic amines is 1. The molecule has 1 aliphatic heterocycles. The summed E-state index contributed by atoms with van der Waals surface area (Å²) in [4.78, 5) is 15.3. The zero-order valence-electron chi connectivity index (χ0n) is 13.9. The lowest BCUT2D eigenvalue weighted by molar-refractivity contribution is -0.121. The van der Waals surface area contributed by atoms with Crippen molar-refractivity contribution in [2.24, 2.45) is 0 Å². The minimum atomic E-state index is 0.0671. The Hall–Kier alpha value is -2.95. The molecule has 1 aromatic heterocycles. The van der Waals surface area contributed by atoms with Gasteiger partial charge in [-0.25, -0.2) is 0 Å². The van der Waals surface area contributed by atoms with E-state index in [1.165, 1.54) is 10.9 Å². The molecular weight excluding hydrogens is 316 g/mol. The van der Waals surface area contributed by atoms with Gasteiger partial charge in [-0.15, -0.1) is 0 Å². The molecule has 5 nitrogen and oxygen atoms in total. The average Bonchev–Trinajstić information content (AvgIpc) is 3.26. The molecule has 0 aliphatic carbocycles. The fourth-order valence-electron chi connectivity index (χ4n) is 3.12. The van der Waals surface area contributed by atoms with E-state index in [-0.39, 0.29) is 12.7 Å². The molecule has 0 fully saturated rings. The fraction of sp³-hybridized carbons (Fsp3) is 0.250. The second kappa shape index (κ2) is 6.89. The van der Waals surface area contributed by atoms with Crippen LogP contribution in [0.2, 0.25) is 0 Å². The topological polar surface area (TPSA) is 63.4 Å².